The highest BCUT2D eigenvalue weighted by molar-refractivity contribution is 6.25. The quantitative estimate of drug-likeness (QED) is 0.0628. The number of piperidine rings is 1. The van der Waals surface area contributed by atoms with Crippen molar-refractivity contribution in [3.63, 3.8) is 0 Å². The van der Waals surface area contributed by atoms with Crippen LogP contribution in [-0.4, -0.2) is 92.5 Å². The number of carbonyl (C=O) groups is 4. The minimum absolute atomic E-state index is 0.0228. The molecular weight excluding hydrogens is 806 g/mol. The SMILES string of the molecule is Cc1c(Cc2cccc(NCc3cn(CCOCCOCCNc4cccc5c4C(=O)N(C4CCC(=O)NC4=O)C5=O)nn3)c2F)c(=O)oc2cc(Oc3ncccn3)ccc12. The molecule has 4 amide bonds. The van der Waals surface area contributed by atoms with Gasteiger partial charge < -0.3 is 29.3 Å². The fraction of sp³-hybridized carbons (Fsp3) is 0.279. The van der Waals surface area contributed by atoms with Crippen LogP contribution >= 0.6 is 0 Å². The van der Waals surface area contributed by atoms with E-state index < -0.39 is 41.1 Å². The Bertz CT molecular complexity index is 2730. The van der Waals surface area contributed by atoms with Crippen LogP contribution in [0.1, 0.15) is 55.9 Å². The maximum atomic E-state index is 15.7. The number of aryl methyl sites for hydroxylation is 1. The number of hydrogen-bond acceptors (Lipinski definition) is 15. The number of benzene rings is 3. The number of fused-ring (bicyclic) bond motifs is 2. The first-order chi connectivity index (χ1) is 30.1. The van der Waals surface area contributed by atoms with Crippen LogP contribution in [0.2, 0.25) is 0 Å². The highest BCUT2D eigenvalue weighted by atomic mass is 19.1. The van der Waals surface area contributed by atoms with E-state index in [1.807, 2.05) is 0 Å². The van der Waals surface area contributed by atoms with Gasteiger partial charge in [0.05, 0.1) is 62.5 Å². The van der Waals surface area contributed by atoms with Crippen molar-refractivity contribution < 1.29 is 42.2 Å². The first-order valence-electron chi connectivity index (χ1n) is 19.8. The van der Waals surface area contributed by atoms with Gasteiger partial charge in [0, 0.05) is 54.5 Å². The molecule has 3 N–H and O–H groups in total. The highest BCUT2D eigenvalue weighted by Gasteiger charge is 2.45. The third-order valence-corrected chi connectivity index (χ3v) is 10.4. The van der Waals surface area contributed by atoms with Crippen molar-refractivity contribution in [2.24, 2.45) is 0 Å². The second-order valence-electron chi connectivity index (χ2n) is 14.4. The third kappa shape index (κ3) is 9.03. The van der Waals surface area contributed by atoms with Crippen LogP contribution < -0.4 is 26.3 Å². The zero-order valence-electron chi connectivity index (χ0n) is 33.4. The second kappa shape index (κ2) is 18.5. The summed E-state index contributed by atoms with van der Waals surface area (Å²) >= 11 is 0. The Morgan fingerprint density at radius 2 is 1.69 bits per heavy atom. The van der Waals surface area contributed by atoms with E-state index in [4.69, 9.17) is 18.6 Å². The molecule has 0 saturated carbocycles. The fourth-order valence-corrected chi connectivity index (χ4v) is 7.24. The number of nitrogens with zero attached hydrogens (tertiary/aromatic N) is 6. The lowest BCUT2D eigenvalue weighted by molar-refractivity contribution is -0.136. The van der Waals surface area contributed by atoms with Gasteiger partial charge in [-0.05, 0) is 60.9 Å². The molecule has 5 heterocycles. The molecule has 3 aromatic carbocycles. The van der Waals surface area contributed by atoms with E-state index in [-0.39, 0.29) is 55.2 Å². The van der Waals surface area contributed by atoms with Gasteiger partial charge in [-0.1, -0.05) is 23.4 Å². The van der Waals surface area contributed by atoms with Crippen LogP contribution in [0.3, 0.4) is 0 Å². The molecule has 2 aliphatic rings. The Kier molecular flexibility index (Phi) is 12.3. The Hall–Kier alpha value is -7.38. The highest BCUT2D eigenvalue weighted by Crippen LogP contribution is 2.33. The topological polar surface area (TPSA) is 222 Å². The van der Waals surface area contributed by atoms with Gasteiger partial charge in [-0.25, -0.2) is 23.8 Å². The summed E-state index contributed by atoms with van der Waals surface area (Å²) in [5.41, 5.74) is 2.74. The number of amides is 4. The number of hydrogen-bond donors (Lipinski definition) is 3. The molecule has 1 saturated heterocycles. The minimum atomic E-state index is -1.04. The van der Waals surface area contributed by atoms with E-state index in [1.165, 1.54) is 6.07 Å². The maximum absolute atomic E-state index is 15.7. The van der Waals surface area contributed by atoms with Crippen LogP contribution in [0, 0.1) is 12.7 Å². The molecule has 6 aromatic rings. The Labute approximate surface area is 352 Å². The first-order valence-corrected chi connectivity index (χ1v) is 19.8. The molecule has 0 spiro atoms. The predicted molar refractivity (Wildman–Crippen MR) is 219 cm³/mol. The first kappa shape index (κ1) is 41.4. The van der Waals surface area contributed by atoms with Crippen LogP contribution in [-0.2, 0) is 38.6 Å². The van der Waals surface area contributed by atoms with Gasteiger partial charge in [0.1, 0.15) is 28.9 Å². The summed E-state index contributed by atoms with van der Waals surface area (Å²) < 4.78 is 40.0. The van der Waals surface area contributed by atoms with Gasteiger partial charge in [-0.2, -0.15) is 0 Å². The lowest BCUT2D eigenvalue weighted by Gasteiger charge is -2.27. The monoisotopic (exact) mass is 845 g/mol. The molecule has 0 aliphatic carbocycles. The van der Waals surface area contributed by atoms with Gasteiger partial charge in [-0.15, -0.1) is 5.10 Å². The smallest absolute Gasteiger partial charge is 0.340 e. The summed E-state index contributed by atoms with van der Waals surface area (Å²) in [5.74, 6) is -2.34. The van der Waals surface area contributed by atoms with Gasteiger partial charge >= 0.3 is 11.6 Å². The van der Waals surface area contributed by atoms with Crippen molar-refractivity contribution in [1.29, 1.82) is 0 Å². The van der Waals surface area contributed by atoms with E-state index in [2.05, 4.69) is 36.2 Å². The van der Waals surface area contributed by atoms with Crippen molar-refractivity contribution in [3.8, 4) is 11.8 Å². The van der Waals surface area contributed by atoms with Crippen LogP contribution in [0.4, 0.5) is 15.8 Å². The van der Waals surface area contributed by atoms with Crippen molar-refractivity contribution in [1.82, 2.24) is 35.2 Å². The third-order valence-electron chi connectivity index (χ3n) is 10.4. The van der Waals surface area contributed by atoms with E-state index in [0.29, 0.717) is 77.7 Å². The Morgan fingerprint density at radius 3 is 2.52 bits per heavy atom. The Morgan fingerprint density at radius 1 is 0.903 bits per heavy atom. The summed E-state index contributed by atoms with van der Waals surface area (Å²) in [6, 6.07) is 15.7. The van der Waals surface area contributed by atoms with Crippen LogP contribution in [0.15, 0.2) is 88.5 Å². The van der Waals surface area contributed by atoms with Gasteiger partial charge in [-0.3, -0.25) is 29.4 Å². The zero-order valence-corrected chi connectivity index (χ0v) is 33.4. The van der Waals surface area contributed by atoms with E-state index in [1.54, 1.807) is 84.8 Å². The normalized spacial score (nSPS) is 14.9. The number of carbonyl (C=O) groups excluding carboxylic acids is 4. The minimum Gasteiger partial charge on any atom is -0.424 e. The molecule has 0 bridgehead atoms. The van der Waals surface area contributed by atoms with E-state index in [0.717, 1.165) is 4.90 Å². The molecule has 19 heteroatoms. The Balaban J connectivity index is 0.754. The molecule has 62 heavy (non-hydrogen) atoms. The van der Waals surface area contributed by atoms with E-state index >= 15 is 4.39 Å². The van der Waals surface area contributed by atoms with Crippen molar-refractivity contribution in [2.75, 3.05) is 43.6 Å². The van der Waals surface area contributed by atoms with Crippen LogP contribution in [0.5, 0.6) is 11.8 Å². The average Bonchev–Trinajstić information content (AvgIpc) is 3.83. The molecule has 18 nitrogen and oxygen atoms in total. The summed E-state index contributed by atoms with van der Waals surface area (Å²) in [6.45, 7) is 4.01. The number of rotatable bonds is 18. The second-order valence-corrected chi connectivity index (χ2v) is 14.4. The molecule has 1 unspecified atom stereocenters. The number of anilines is 2. The molecule has 2 aliphatic heterocycles. The van der Waals surface area contributed by atoms with Crippen LogP contribution in [0.25, 0.3) is 11.0 Å². The van der Waals surface area contributed by atoms with Crippen molar-refractivity contribution >= 4 is 46.0 Å². The number of imide groups is 2. The zero-order chi connectivity index (χ0) is 43.2. The molecule has 0 radical (unpaired) electrons. The number of nitrogens with one attached hydrogen (secondary N) is 3. The molecule has 3 aromatic heterocycles. The summed E-state index contributed by atoms with van der Waals surface area (Å²) in [6.07, 6.45) is 4.99. The summed E-state index contributed by atoms with van der Waals surface area (Å²) in [5, 5.41) is 17.4. The van der Waals surface area contributed by atoms with Gasteiger partial charge in [0.2, 0.25) is 11.8 Å². The lowest BCUT2D eigenvalue weighted by atomic mass is 9.99. The van der Waals surface area contributed by atoms with Crippen molar-refractivity contribution in [3.05, 3.63) is 129 Å². The fourth-order valence-electron chi connectivity index (χ4n) is 7.24. The number of halogens is 1. The molecular formula is C43H40FN9O9. The molecule has 318 valence electrons. The number of ether oxygens (including phenoxy) is 3. The van der Waals surface area contributed by atoms with Gasteiger partial charge in [0.15, 0.2) is 0 Å². The summed E-state index contributed by atoms with van der Waals surface area (Å²) in [7, 11) is 0. The predicted octanol–water partition coefficient (Wildman–Crippen LogP) is 4.16. The van der Waals surface area contributed by atoms with Crippen molar-refractivity contribution in [2.45, 2.75) is 45.3 Å². The average molecular weight is 846 g/mol. The largest absolute Gasteiger partial charge is 0.424 e. The van der Waals surface area contributed by atoms with E-state index in [9.17, 15) is 24.0 Å². The maximum Gasteiger partial charge on any atom is 0.340 e. The lowest BCUT2D eigenvalue weighted by Crippen LogP contribution is -2.54. The number of aromatic nitrogens is 5. The summed E-state index contributed by atoms with van der Waals surface area (Å²) in [4.78, 5) is 72.4. The van der Waals surface area contributed by atoms with Gasteiger partial charge in [0.25, 0.3) is 11.8 Å². The standard InChI is InChI=1S/C43H40FN9O9/c1-25-29-10-9-28(61-43-46-13-4-14-47-43)22-35(29)62-42(58)31(25)21-26-5-2-8-33(38(26)44)48-23-27-24-52(51-50-27)16-18-60-20-19-59-17-15-45-32-7-3-6-30-37(32)41(57)53(40(30)56)34-11-12-36(54)49-39(34)55/h2-10,13-14,22,24,34,45,48H,11-12,15-21,23H2,1H3,(H,49,54,55). The molecule has 8 rings (SSSR count). The molecule has 1 fully saturated rings. The molecule has 1 atom stereocenters.